The smallest absolute Gasteiger partial charge is 0.411 e. The third-order valence-corrected chi connectivity index (χ3v) is 11.1. The van der Waals surface area contributed by atoms with E-state index in [0.29, 0.717) is 4.47 Å². The summed E-state index contributed by atoms with van der Waals surface area (Å²) in [5.41, 5.74) is -1.57. The van der Waals surface area contributed by atoms with Gasteiger partial charge in [0, 0.05) is 21.8 Å². The molecule has 4 rings (SSSR count). The lowest BCUT2D eigenvalue weighted by atomic mass is 10.2. The van der Waals surface area contributed by atoms with Crippen molar-refractivity contribution in [3.63, 3.8) is 0 Å². The van der Waals surface area contributed by atoms with Crippen LogP contribution in [-0.4, -0.2) is 112 Å². The first-order valence-corrected chi connectivity index (χ1v) is 20.4. The Labute approximate surface area is 325 Å². The maximum absolute atomic E-state index is 12.5. The molecule has 2 fully saturated rings. The highest BCUT2D eigenvalue weighted by atomic mass is 79.9. The Bertz CT molecular complexity index is 1860. The minimum atomic E-state index is -4.09. The Hall–Kier alpha value is -3.30. The van der Waals surface area contributed by atoms with Crippen LogP contribution in [0, 0.1) is 0 Å². The number of carboxylic acids is 1. The number of halogens is 2. The van der Waals surface area contributed by atoms with E-state index in [1.165, 1.54) is 31.4 Å². The average Bonchev–Trinajstić information content (AvgIpc) is 3.64. The summed E-state index contributed by atoms with van der Waals surface area (Å²) in [5, 5.41) is 9.33. The number of hydrogen-bond donors (Lipinski definition) is 1. The summed E-state index contributed by atoms with van der Waals surface area (Å²) in [6, 6.07) is 9.61. The molecule has 2 amide bonds. The minimum absolute atomic E-state index is 0.0122. The molecule has 1 N–H and O–H groups in total. The molecule has 2 aromatic rings. The Morgan fingerprint density at radius 2 is 1.00 bits per heavy atom. The zero-order chi connectivity index (χ0) is 40.1. The van der Waals surface area contributed by atoms with Gasteiger partial charge in [0.25, 0.3) is 20.2 Å². The summed E-state index contributed by atoms with van der Waals surface area (Å²) in [6.45, 7) is 9.75. The quantitative estimate of drug-likeness (QED) is 0.202. The van der Waals surface area contributed by atoms with Crippen LogP contribution in [0.25, 0.3) is 0 Å². The molecular formula is C33H42Br2N2O14S2. The number of rotatable bonds is 8. The van der Waals surface area contributed by atoms with Gasteiger partial charge in [-0.1, -0.05) is 31.9 Å². The van der Waals surface area contributed by atoms with E-state index in [-0.39, 0.29) is 35.7 Å². The van der Waals surface area contributed by atoms with Crippen molar-refractivity contribution in [2.75, 3.05) is 20.2 Å². The van der Waals surface area contributed by atoms with Crippen molar-refractivity contribution in [1.82, 2.24) is 9.80 Å². The highest BCUT2D eigenvalue weighted by Crippen LogP contribution is 2.29. The van der Waals surface area contributed by atoms with Gasteiger partial charge in [0.05, 0.1) is 42.2 Å². The number of carbonyl (C=O) groups is 4. The summed E-state index contributed by atoms with van der Waals surface area (Å²) in [5.74, 6) is -1.91. The van der Waals surface area contributed by atoms with Crippen LogP contribution in [-0.2, 0) is 52.4 Å². The molecule has 2 aliphatic heterocycles. The van der Waals surface area contributed by atoms with Crippen molar-refractivity contribution in [1.29, 1.82) is 0 Å². The molecule has 20 heteroatoms. The van der Waals surface area contributed by atoms with Gasteiger partial charge in [0.15, 0.2) is 0 Å². The van der Waals surface area contributed by atoms with E-state index in [1.54, 1.807) is 65.8 Å². The molecule has 16 nitrogen and oxygen atoms in total. The Kier molecular flexibility index (Phi) is 14.5. The topological polar surface area (TPSA) is 209 Å². The van der Waals surface area contributed by atoms with Crippen LogP contribution in [0.5, 0.6) is 0 Å². The van der Waals surface area contributed by atoms with E-state index in [0.717, 1.165) is 14.3 Å². The van der Waals surface area contributed by atoms with E-state index in [9.17, 15) is 41.1 Å². The zero-order valence-corrected chi connectivity index (χ0v) is 34.8. The van der Waals surface area contributed by atoms with Gasteiger partial charge in [-0.25, -0.2) is 19.2 Å². The van der Waals surface area contributed by atoms with Gasteiger partial charge in [-0.2, -0.15) is 16.8 Å². The van der Waals surface area contributed by atoms with Crippen LogP contribution in [0.1, 0.15) is 54.4 Å². The fraction of sp³-hybridized carbons (Fsp3) is 0.515. The highest BCUT2D eigenvalue weighted by Gasteiger charge is 2.45. The Morgan fingerprint density at radius 3 is 1.32 bits per heavy atom. The number of nitrogens with zero attached hydrogens (tertiary/aromatic N) is 2. The maximum atomic E-state index is 12.5. The van der Waals surface area contributed by atoms with Crippen molar-refractivity contribution in [3.05, 3.63) is 57.5 Å². The van der Waals surface area contributed by atoms with Crippen LogP contribution in [0.3, 0.4) is 0 Å². The molecule has 0 unspecified atom stereocenters. The largest absolute Gasteiger partial charge is 0.480 e. The molecule has 2 saturated heterocycles. The standard InChI is InChI=1S/C17H22BrNO7S.C16H20BrNO7S/c1-17(2,3)25-16(21)19-10-12(9-14(19)15(20)24-4)26-27(22,23)13-7-5-11(18)6-8-13;1-16(2,3)24-15(21)18-9-11(8-13(18)14(19)20)25-26(22,23)12-6-4-10(17)5-7-12/h5-8,12,14H,9-10H2,1-4H3;4-7,11,13H,8-9H2,1-3H3,(H,19,20)/t12-,14-;11-,13-/m00/s1. The van der Waals surface area contributed by atoms with Crippen molar-refractivity contribution < 1.29 is 63.7 Å². The van der Waals surface area contributed by atoms with Crippen molar-refractivity contribution in [3.8, 4) is 0 Å². The van der Waals surface area contributed by atoms with Crippen molar-refractivity contribution in [2.24, 2.45) is 0 Å². The second kappa shape index (κ2) is 17.4. The van der Waals surface area contributed by atoms with Crippen molar-refractivity contribution in [2.45, 2.75) is 99.7 Å². The van der Waals surface area contributed by atoms with E-state index in [4.69, 9.17) is 22.6 Å². The predicted octanol–water partition coefficient (Wildman–Crippen LogP) is 5.32. The molecule has 0 saturated carbocycles. The highest BCUT2D eigenvalue weighted by molar-refractivity contribution is 9.10. The molecule has 2 aliphatic rings. The van der Waals surface area contributed by atoms with Gasteiger partial charge in [-0.05, 0) is 90.1 Å². The molecule has 294 valence electrons. The van der Waals surface area contributed by atoms with Crippen LogP contribution in [0.4, 0.5) is 9.59 Å². The van der Waals surface area contributed by atoms with Crippen LogP contribution in [0.2, 0.25) is 0 Å². The summed E-state index contributed by atoms with van der Waals surface area (Å²) in [6.07, 6.45) is -3.58. The van der Waals surface area contributed by atoms with E-state index >= 15 is 0 Å². The molecule has 0 radical (unpaired) electrons. The second-order valence-electron chi connectivity index (χ2n) is 13.9. The molecule has 2 heterocycles. The third kappa shape index (κ3) is 12.9. The van der Waals surface area contributed by atoms with Gasteiger partial charge in [0.1, 0.15) is 23.3 Å². The molecule has 4 atom stereocenters. The van der Waals surface area contributed by atoms with Crippen LogP contribution < -0.4 is 0 Å². The van der Waals surface area contributed by atoms with E-state index < -0.39 is 79.9 Å². The summed E-state index contributed by atoms with van der Waals surface area (Å²) in [7, 11) is -6.94. The maximum Gasteiger partial charge on any atom is 0.411 e. The van der Waals surface area contributed by atoms with Crippen molar-refractivity contribution >= 4 is 76.2 Å². The third-order valence-electron chi connectivity index (χ3n) is 7.27. The number of carbonyl (C=O) groups excluding carboxylic acids is 3. The molecule has 0 aromatic heterocycles. The Morgan fingerprint density at radius 1 is 0.660 bits per heavy atom. The van der Waals surface area contributed by atoms with Crippen LogP contribution >= 0.6 is 31.9 Å². The van der Waals surface area contributed by atoms with E-state index in [1.807, 2.05) is 0 Å². The van der Waals surface area contributed by atoms with Crippen LogP contribution in [0.15, 0.2) is 67.3 Å². The number of likely N-dealkylation sites (tertiary alicyclic amines) is 2. The number of carboxylic acid groups (broad SMARTS) is 1. The minimum Gasteiger partial charge on any atom is -0.480 e. The molecule has 2 aromatic carbocycles. The lowest BCUT2D eigenvalue weighted by Gasteiger charge is -2.27. The molecular weight excluding hydrogens is 872 g/mol. The van der Waals surface area contributed by atoms with Gasteiger partial charge >= 0.3 is 24.1 Å². The predicted molar refractivity (Wildman–Crippen MR) is 195 cm³/mol. The van der Waals surface area contributed by atoms with Gasteiger partial charge in [-0.3, -0.25) is 18.2 Å². The number of benzene rings is 2. The monoisotopic (exact) mass is 912 g/mol. The molecule has 53 heavy (non-hydrogen) atoms. The number of methoxy groups -OCH3 is 1. The molecule has 0 spiro atoms. The number of esters is 1. The fourth-order valence-corrected chi connectivity index (χ4v) is 7.73. The first-order chi connectivity index (χ1) is 24.3. The van der Waals surface area contributed by atoms with Gasteiger partial charge in [-0.15, -0.1) is 0 Å². The molecule has 0 bridgehead atoms. The number of aliphatic carboxylic acids is 1. The summed E-state index contributed by atoms with van der Waals surface area (Å²) < 4.78 is 76.7. The summed E-state index contributed by atoms with van der Waals surface area (Å²) in [4.78, 5) is 50.1. The first-order valence-electron chi connectivity index (χ1n) is 16.0. The normalized spacial score (nSPS) is 20.6. The average molecular weight is 915 g/mol. The molecule has 0 aliphatic carbocycles. The zero-order valence-electron chi connectivity index (χ0n) is 30.0. The SMILES string of the molecule is CC(C)(C)OC(=O)N1C[C@@H](OS(=O)(=O)c2ccc(Br)cc2)C[C@H]1C(=O)O.COC(=O)[C@@H]1C[C@H](OS(=O)(=O)c2ccc(Br)cc2)CN1C(=O)OC(C)(C)C. The number of amides is 2. The lowest BCUT2D eigenvalue weighted by molar-refractivity contribution is -0.145. The van der Waals surface area contributed by atoms with Gasteiger partial charge < -0.3 is 19.3 Å². The first kappa shape index (κ1) is 44.1. The second-order valence-corrected chi connectivity index (χ2v) is 18.9. The lowest BCUT2D eigenvalue weighted by Crippen LogP contribution is -2.44. The number of hydrogen-bond acceptors (Lipinski definition) is 13. The summed E-state index contributed by atoms with van der Waals surface area (Å²) >= 11 is 6.45. The fourth-order valence-electron chi connectivity index (χ4n) is 5.04. The number of ether oxygens (including phenoxy) is 3. The Balaban J connectivity index is 0.000000286. The van der Waals surface area contributed by atoms with E-state index in [2.05, 4.69) is 31.9 Å². The van der Waals surface area contributed by atoms with Gasteiger partial charge in [0.2, 0.25) is 0 Å².